The molecule has 30 heavy (non-hydrogen) atoms. The zero-order valence-electron chi connectivity index (χ0n) is 19.4. The van der Waals surface area contributed by atoms with Crippen LogP contribution in [0, 0.1) is 17.8 Å². The minimum absolute atomic E-state index is 0.0222. The molecule has 2 aliphatic carbocycles. The average Bonchev–Trinajstić information content (AvgIpc) is 3.65. The highest BCUT2D eigenvalue weighted by molar-refractivity contribution is 5.72. The van der Waals surface area contributed by atoms with E-state index in [0.29, 0.717) is 0 Å². The van der Waals surface area contributed by atoms with E-state index >= 15 is 0 Å². The summed E-state index contributed by atoms with van der Waals surface area (Å²) in [4.78, 5) is 13.0. The molecule has 0 radical (unpaired) electrons. The predicted octanol–water partition coefficient (Wildman–Crippen LogP) is 4.82. The van der Waals surface area contributed by atoms with Gasteiger partial charge in [0.25, 0.3) is 0 Å². The number of epoxide rings is 2. The van der Waals surface area contributed by atoms with Gasteiger partial charge in [0, 0.05) is 7.11 Å². The monoisotopic (exact) mass is 420 g/mol. The molecule has 4 fully saturated rings. The molecule has 1 unspecified atom stereocenters. The highest BCUT2D eigenvalue weighted by Gasteiger charge is 2.72. The second kappa shape index (κ2) is 8.55. The van der Waals surface area contributed by atoms with Crippen LogP contribution in [0.25, 0.3) is 0 Å². The Hall–Kier alpha value is -0.910. The van der Waals surface area contributed by atoms with Gasteiger partial charge in [0.05, 0.1) is 24.5 Å². The highest BCUT2D eigenvalue weighted by atomic mass is 16.6. The van der Waals surface area contributed by atoms with Crippen LogP contribution in [0.4, 0.5) is 0 Å². The van der Waals surface area contributed by atoms with E-state index in [9.17, 15) is 4.79 Å². The number of allylic oxidation sites excluding steroid dienone is 1. The van der Waals surface area contributed by atoms with Crippen LogP contribution in [-0.2, 0) is 23.7 Å². The zero-order valence-corrected chi connectivity index (χ0v) is 19.4. The van der Waals surface area contributed by atoms with Gasteiger partial charge >= 0.3 is 5.97 Å². The number of methoxy groups -OCH3 is 1. The lowest BCUT2D eigenvalue weighted by Crippen LogP contribution is -2.55. The predicted molar refractivity (Wildman–Crippen MR) is 115 cm³/mol. The first kappa shape index (κ1) is 22.3. The second-order valence-electron chi connectivity index (χ2n) is 10.5. The molecule has 1 spiro atoms. The van der Waals surface area contributed by atoms with Gasteiger partial charge < -0.3 is 18.9 Å². The summed E-state index contributed by atoms with van der Waals surface area (Å²) in [5.74, 6) is 0.894. The Labute approximate surface area is 181 Å². The summed E-state index contributed by atoms with van der Waals surface area (Å²) in [5, 5.41) is 0. The molecule has 0 N–H and O–H groups in total. The van der Waals surface area contributed by atoms with E-state index in [1.807, 2.05) is 0 Å². The van der Waals surface area contributed by atoms with Crippen molar-refractivity contribution in [2.45, 2.75) is 109 Å². The summed E-state index contributed by atoms with van der Waals surface area (Å²) >= 11 is 0. The fourth-order valence-electron chi connectivity index (χ4n) is 6.12. The number of ether oxygens (including phenoxy) is 4. The minimum Gasteiger partial charge on any atom is -0.459 e. The summed E-state index contributed by atoms with van der Waals surface area (Å²) in [6, 6.07) is 0. The van der Waals surface area contributed by atoms with Crippen molar-refractivity contribution >= 4 is 5.97 Å². The zero-order chi connectivity index (χ0) is 21.5. The number of carbonyl (C=O) groups excluding carboxylic acids is 1. The number of hydrogen-bond acceptors (Lipinski definition) is 5. The molecule has 0 aromatic heterocycles. The van der Waals surface area contributed by atoms with Crippen molar-refractivity contribution in [2.75, 3.05) is 13.7 Å². The van der Waals surface area contributed by atoms with Crippen LogP contribution in [0.1, 0.15) is 79.1 Å². The molecule has 0 aromatic rings. The smallest absolute Gasteiger partial charge is 0.309 e. The van der Waals surface area contributed by atoms with Gasteiger partial charge in [-0.05, 0) is 71.6 Å². The highest BCUT2D eigenvalue weighted by Crippen LogP contribution is 2.59. The van der Waals surface area contributed by atoms with Gasteiger partial charge in [-0.2, -0.15) is 0 Å². The van der Waals surface area contributed by atoms with Crippen molar-refractivity contribution in [1.82, 2.24) is 0 Å². The van der Waals surface area contributed by atoms with E-state index < -0.39 is 0 Å². The summed E-state index contributed by atoms with van der Waals surface area (Å²) in [7, 11) is 1.74. The Morgan fingerprint density at radius 2 is 1.87 bits per heavy atom. The van der Waals surface area contributed by atoms with Crippen molar-refractivity contribution in [3.63, 3.8) is 0 Å². The fraction of sp³-hybridized carbons (Fsp3) is 0.880. The van der Waals surface area contributed by atoms with Gasteiger partial charge in [-0.1, -0.05) is 25.0 Å². The Morgan fingerprint density at radius 3 is 2.43 bits per heavy atom. The molecule has 0 amide bonds. The van der Waals surface area contributed by atoms with Crippen molar-refractivity contribution in [3.8, 4) is 0 Å². The lowest BCUT2D eigenvalue weighted by Gasteiger charge is -2.43. The Morgan fingerprint density at radius 1 is 1.17 bits per heavy atom. The van der Waals surface area contributed by atoms with E-state index in [1.165, 1.54) is 12.0 Å². The normalized spacial score (nSPS) is 45.1. The third-order valence-corrected chi connectivity index (χ3v) is 8.26. The van der Waals surface area contributed by atoms with Gasteiger partial charge in [-0.25, -0.2) is 0 Å². The van der Waals surface area contributed by atoms with E-state index in [0.717, 1.165) is 57.5 Å². The molecule has 4 rings (SSSR count). The first-order valence-electron chi connectivity index (χ1n) is 12.0. The largest absolute Gasteiger partial charge is 0.459 e. The van der Waals surface area contributed by atoms with Crippen molar-refractivity contribution in [2.24, 2.45) is 17.8 Å². The maximum absolute atomic E-state index is 13.0. The van der Waals surface area contributed by atoms with E-state index in [1.54, 1.807) is 7.11 Å². The molecule has 4 aliphatic rings. The molecule has 6 atom stereocenters. The van der Waals surface area contributed by atoms with Crippen LogP contribution in [0.3, 0.4) is 0 Å². The molecule has 2 heterocycles. The number of carbonyl (C=O) groups is 1. The quantitative estimate of drug-likeness (QED) is 0.336. The Bertz CT molecular complexity index is 656. The average molecular weight is 421 g/mol. The van der Waals surface area contributed by atoms with Gasteiger partial charge in [0.15, 0.2) is 0 Å². The van der Waals surface area contributed by atoms with Crippen LogP contribution in [0.5, 0.6) is 0 Å². The molecule has 170 valence electrons. The Kier molecular flexibility index (Phi) is 6.36. The SMILES string of the molecule is CCC1CCC(C(=O)O[C@@H]2CC[C@]3(CO3)[C@@H](C3(C)O[C@@H]3CC=C(C)C)[C@@H]2OC)CC1. The maximum Gasteiger partial charge on any atom is 0.309 e. The first-order chi connectivity index (χ1) is 14.3. The lowest BCUT2D eigenvalue weighted by molar-refractivity contribution is -0.177. The molecule has 2 saturated carbocycles. The number of rotatable bonds is 7. The molecular weight excluding hydrogens is 380 g/mol. The van der Waals surface area contributed by atoms with Crippen LogP contribution in [0.15, 0.2) is 11.6 Å². The van der Waals surface area contributed by atoms with Crippen molar-refractivity contribution in [3.05, 3.63) is 11.6 Å². The van der Waals surface area contributed by atoms with Crippen molar-refractivity contribution in [1.29, 1.82) is 0 Å². The minimum atomic E-state index is -0.284. The molecule has 0 aromatic carbocycles. The van der Waals surface area contributed by atoms with E-state index in [2.05, 4.69) is 33.8 Å². The molecule has 2 aliphatic heterocycles. The number of esters is 1. The number of hydrogen-bond donors (Lipinski definition) is 0. The standard InChI is InChI=1S/C25H40O5/c1-6-17-8-10-18(11-9-17)23(26)29-19-13-14-25(15-28-25)22(21(19)27-5)24(4)20(30-24)12-7-16(2)3/h7,17-22H,6,8-15H2,1-5H3/t17?,18?,19-,20-,21-,22-,24?,25+/m1/s1. The molecule has 5 heteroatoms. The van der Waals surface area contributed by atoms with Crippen molar-refractivity contribution < 1.29 is 23.7 Å². The van der Waals surface area contributed by atoms with Gasteiger partial charge in [0.2, 0.25) is 0 Å². The first-order valence-corrected chi connectivity index (χ1v) is 12.0. The van der Waals surface area contributed by atoms with Crippen LogP contribution >= 0.6 is 0 Å². The van der Waals surface area contributed by atoms with Crippen LogP contribution in [-0.4, -0.2) is 49.2 Å². The van der Waals surface area contributed by atoms with E-state index in [4.69, 9.17) is 18.9 Å². The van der Waals surface area contributed by atoms with Gasteiger partial charge in [-0.15, -0.1) is 0 Å². The summed E-state index contributed by atoms with van der Waals surface area (Å²) in [6.07, 6.45) is 10.1. The fourth-order valence-corrected chi connectivity index (χ4v) is 6.12. The van der Waals surface area contributed by atoms with Gasteiger partial charge in [-0.3, -0.25) is 4.79 Å². The van der Waals surface area contributed by atoms with E-state index in [-0.39, 0.29) is 47.3 Å². The third kappa shape index (κ3) is 4.22. The van der Waals surface area contributed by atoms with Crippen LogP contribution in [0.2, 0.25) is 0 Å². The third-order valence-electron chi connectivity index (χ3n) is 8.26. The lowest BCUT2D eigenvalue weighted by atomic mass is 9.68. The second-order valence-corrected chi connectivity index (χ2v) is 10.5. The Balaban J connectivity index is 1.43. The molecule has 0 bridgehead atoms. The van der Waals surface area contributed by atoms with Crippen LogP contribution < -0.4 is 0 Å². The molecular formula is C25H40O5. The topological polar surface area (TPSA) is 60.6 Å². The van der Waals surface area contributed by atoms with Gasteiger partial charge in [0.1, 0.15) is 23.4 Å². The molecule has 2 saturated heterocycles. The summed E-state index contributed by atoms with van der Waals surface area (Å²) in [6.45, 7) is 9.43. The maximum atomic E-state index is 13.0. The summed E-state index contributed by atoms with van der Waals surface area (Å²) in [5.41, 5.74) is 0.853. The summed E-state index contributed by atoms with van der Waals surface area (Å²) < 4.78 is 24.4. The molecule has 5 nitrogen and oxygen atoms in total.